The molecule has 2 aromatic rings. The average Bonchev–Trinajstić information content (AvgIpc) is 3.48. The molecule has 9 nitrogen and oxygen atoms in total. The number of aliphatic hydroxyl groups excluding tert-OH is 2. The van der Waals surface area contributed by atoms with Crippen molar-refractivity contribution in [2.45, 2.75) is 37.9 Å². The topological polar surface area (TPSA) is 119 Å². The van der Waals surface area contributed by atoms with Crippen LogP contribution in [0.5, 0.6) is 0 Å². The van der Waals surface area contributed by atoms with Gasteiger partial charge < -0.3 is 25.3 Å². The number of aromatic nitrogens is 2. The second-order valence-electron chi connectivity index (χ2n) is 7.93. The van der Waals surface area contributed by atoms with Gasteiger partial charge in [-0.15, -0.1) is 11.3 Å². The van der Waals surface area contributed by atoms with Crippen LogP contribution in [0, 0.1) is 5.92 Å². The van der Waals surface area contributed by atoms with Gasteiger partial charge in [-0.1, -0.05) is 0 Å². The zero-order valence-corrected chi connectivity index (χ0v) is 17.6. The van der Waals surface area contributed by atoms with E-state index in [2.05, 4.69) is 20.2 Å². The SMILES string of the molecule is O=C(NCC1CCN(c2ncnc3sccc23)CC1)[C@H](O)[C@@H](O)C(=O)N1CCCC1. The Morgan fingerprint density at radius 1 is 1.13 bits per heavy atom. The molecular formula is C20H27N5O4S. The molecule has 0 aliphatic carbocycles. The number of rotatable bonds is 6. The zero-order valence-electron chi connectivity index (χ0n) is 16.7. The van der Waals surface area contributed by atoms with Crippen LogP contribution >= 0.6 is 11.3 Å². The van der Waals surface area contributed by atoms with Crippen LogP contribution in [-0.4, -0.2) is 81.8 Å². The summed E-state index contributed by atoms with van der Waals surface area (Å²) >= 11 is 1.60. The van der Waals surface area contributed by atoms with Gasteiger partial charge >= 0.3 is 0 Å². The van der Waals surface area contributed by atoms with E-state index in [1.807, 2.05) is 11.4 Å². The minimum absolute atomic E-state index is 0.267. The van der Waals surface area contributed by atoms with Crippen LogP contribution < -0.4 is 10.2 Å². The molecule has 2 fully saturated rings. The van der Waals surface area contributed by atoms with E-state index in [-0.39, 0.29) is 5.92 Å². The van der Waals surface area contributed by atoms with E-state index in [4.69, 9.17) is 0 Å². The number of likely N-dealkylation sites (tertiary alicyclic amines) is 1. The predicted octanol–water partition coefficient (Wildman–Crippen LogP) is 0.368. The molecule has 3 N–H and O–H groups in total. The van der Waals surface area contributed by atoms with Crippen molar-refractivity contribution in [3.63, 3.8) is 0 Å². The largest absolute Gasteiger partial charge is 0.380 e. The molecule has 2 aliphatic heterocycles. The molecule has 0 saturated carbocycles. The van der Waals surface area contributed by atoms with E-state index in [1.54, 1.807) is 17.7 Å². The molecule has 162 valence electrons. The number of carbonyl (C=O) groups excluding carboxylic acids is 2. The Balaban J connectivity index is 1.24. The van der Waals surface area contributed by atoms with Gasteiger partial charge in [0.15, 0.2) is 12.2 Å². The maximum Gasteiger partial charge on any atom is 0.254 e. The van der Waals surface area contributed by atoms with Crippen LogP contribution in [0.15, 0.2) is 17.8 Å². The van der Waals surface area contributed by atoms with Crippen molar-refractivity contribution in [3.8, 4) is 0 Å². The summed E-state index contributed by atoms with van der Waals surface area (Å²) in [4.78, 5) is 37.8. The standard InChI is InChI=1S/C20H27N5O4S/c26-15(16(27)20(29)25-6-1-2-7-25)18(28)21-11-13-3-8-24(9-4-13)17-14-5-10-30-19(14)23-12-22-17/h5,10,12-13,15-16,26-27H,1-4,6-9,11H2,(H,21,28)/t15-,16-/m1/s1. The highest BCUT2D eigenvalue weighted by atomic mass is 32.1. The third-order valence-electron chi connectivity index (χ3n) is 5.96. The number of aliphatic hydroxyl groups is 2. The maximum absolute atomic E-state index is 12.2. The maximum atomic E-state index is 12.2. The summed E-state index contributed by atoms with van der Waals surface area (Å²) in [5.41, 5.74) is 0. The first kappa shape index (κ1) is 21.0. The summed E-state index contributed by atoms with van der Waals surface area (Å²) in [6, 6.07) is 2.04. The second kappa shape index (κ2) is 9.23. The average molecular weight is 434 g/mol. The molecule has 2 amide bonds. The first-order valence-electron chi connectivity index (χ1n) is 10.4. The number of nitrogens with one attached hydrogen (secondary N) is 1. The summed E-state index contributed by atoms with van der Waals surface area (Å²) < 4.78 is 0. The molecular weight excluding hydrogens is 406 g/mol. The highest BCUT2D eigenvalue weighted by Gasteiger charge is 2.34. The number of hydrogen-bond acceptors (Lipinski definition) is 8. The molecule has 0 radical (unpaired) electrons. The number of thiophene rings is 1. The Bertz CT molecular complexity index is 892. The van der Waals surface area contributed by atoms with Crippen molar-refractivity contribution in [3.05, 3.63) is 17.8 Å². The lowest BCUT2D eigenvalue weighted by molar-refractivity contribution is -0.152. The lowest BCUT2D eigenvalue weighted by Crippen LogP contribution is -2.51. The van der Waals surface area contributed by atoms with Gasteiger partial charge in [-0.2, -0.15) is 0 Å². The monoisotopic (exact) mass is 433 g/mol. The van der Waals surface area contributed by atoms with Crippen LogP contribution in [0.4, 0.5) is 5.82 Å². The number of anilines is 1. The fraction of sp³-hybridized carbons (Fsp3) is 0.600. The van der Waals surface area contributed by atoms with Crippen LogP contribution in [-0.2, 0) is 9.59 Å². The third-order valence-corrected chi connectivity index (χ3v) is 6.78. The zero-order chi connectivity index (χ0) is 21.1. The van der Waals surface area contributed by atoms with Gasteiger partial charge in [0.2, 0.25) is 0 Å². The van der Waals surface area contributed by atoms with Gasteiger partial charge in [0.1, 0.15) is 17.0 Å². The van der Waals surface area contributed by atoms with Gasteiger partial charge in [0.05, 0.1) is 5.39 Å². The molecule has 0 spiro atoms. The van der Waals surface area contributed by atoms with Crippen molar-refractivity contribution in [1.29, 1.82) is 0 Å². The number of hydrogen-bond donors (Lipinski definition) is 3. The lowest BCUT2D eigenvalue weighted by atomic mass is 9.96. The fourth-order valence-corrected chi connectivity index (χ4v) is 4.86. The van der Waals surface area contributed by atoms with E-state index >= 15 is 0 Å². The molecule has 0 aromatic carbocycles. The van der Waals surface area contributed by atoms with Crippen molar-refractivity contribution >= 4 is 39.2 Å². The van der Waals surface area contributed by atoms with Crippen molar-refractivity contribution in [2.75, 3.05) is 37.6 Å². The van der Waals surface area contributed by atoms with E-state index in [1.165, 1.54) is 4.90 Å². The smallest absolute Gasteiger partial charge is 0.254 e. The van der Waals surface area contributed by atoms with E-state index in [0.717, 1.165) is 54.8 Å². The molecule has 2 atom stereocenters. The first-order valence-corrected chi connectivity index (χ1v) is 11.3. The van der Waals surface area contributed by atoms with Gasteiger partial charge in [0.25, 0.3) is 11.8 Å². The van der Waals surface area contributed by atoms with E-state index in [9.17, 15) is 19.8 Å². The Morgan fingerprint density at radius 3 is 2.60 bits per heavy atom. The summed E-state index contributed by atoms with van der Waals surface area (Å²) in [6.45, 7) is 3.17. The predicted molar refractivity (Wildman–Crippen MR) is 113 cm³/mol. The highest BCUT2D eigenvalue weighted by Crippen LogP contribution is 2.29. The molecule has 0 bridgehead atoms. The number of fused-ring (bicyclic) bond motifs is 1. The molecule has 30 heavy (non-hydrogen) atoms. The van der Waals surface area contributed by atoms with Crippen molar-refractivity contribution in [2.24, 2.45) is 5.92 Å². The number of amides is 2. The highest BCUT2D eigenvalue weighted by molar-refractivity contribution is 7.16. The Morgan fingerprint density at radius 2 is 1.87 bits per heavy atom. The molecule has 2 aliphatic rings. The molecule has 2 saturated heterocycles. The molecule has 2 aromatic heterocycles. The van der Waals surface area contributed by atoms with Gasteiger partial charge in [-0.25, -0.2) is 9.97 Å². The molecule has 10 heteroatoms. The second-order valence-corrected chi connectivity index (χ2v) is 8.83. The third kappa shape index (κ3) is 4.40. The Hall–Kier alpha value is -2.30. The molecule has 4 heterocycles. The Labute approximate surface area is 178 Å². The quantitative estimate of drug-likeness (QED) is 0.602. The lowest BCUT2D eigenvalue weighted by Gasteiger charge is -2.33. The molecule has 0 unspecified atom stereocenters. The van der Waals surface area contributed by atoms with Crippen LogP contribution in [0.3, 0.4) is 0 Å². The van der Waals surface area contributed by atoms with Crippen LogP contribution in [0.25, 0.3) is 10.2 Å². The van der Waals surface area contributed by atoms with Crippen molar-refractivity contribution < 1.29 is 19.8 Å². The summed E-state index contributed by atoms with van der Waals surface area (Å²) in [6.07, 6.45) is 1.65. The molecule has 4 rings (SSSR count). The summed E-state index contributed by atoms with van der Waals surface area (Å²) in [5.74, 6) is -0.0624. The number of carbonyl (C=O) groups is 2. The minimum atomic E-state index is -1.74. The van der Waals surface area contributed by atoms with Crippen molar-refractivity contribution in [1.82, 2.24) is 20.2 Å². The van der Waals surface area contributed by atoms with Gasteiger partial charge in [0, 0.05) is 32.7 Å². The number of nitrogens with zero attached hydrogens (tertiary/aromatic N) is 4. The summed E-state index contributed by atoms with van der Waals surface area (Å²) in [7, 11) is 0. The van der Waals surface area contributed by atoms with Crippen LogP contribution in [0.2, 0.25) is 0 Å². The van der Waals surface area contributed by atoms with Crippen LogP contribution in [0.1, 0.15) is 25.7 Å². The van der Waals surface area contributed by atoms with Gasteiger partial charge in [-0.3, -0.25) is 9.59 Å². The normalized spacial score (nSPS) is 19.8. The first-order chi connectivity index (χ1) is 14.5. The van der Waals surface area contributed by atoms with E-state index < -0.39 is 24.0 Å². The number of piperidine rings is 1. The minimum Gasteiger partial charge on any atom is -0.380 e. The van der Waals surface area contributed by atoms with Gasteiger partial charge in [-0.05, 0) is 43.0 Å². The van der Waals surface area contributed by atoms with E-state index in [0.29, 0.717) is 19.6 Å². The Kier molecular flexibility index (Phi) is 6.45. The summed E-state index contributed by atoms with van der Waals surface area (Å²) in [5, 5.41) is 25.9. The fourth-order valence-electron chi connectivity index (χ4n) is 4.13.